The minimum Gasteiger partial charge on any atom is -0.396 e. The third-order valence-electron chi connectivity index (χ3n) is 1.83. The lowest BCUT2D eigenvalue weighted by Crippen LogP contribution is -2.03. The zero-order valence-corrected chi connectivity index (χ0v) is 9.13. The van der Waals surface area contributed by atoms with Crippen molar-refractivity contribution in [2.45, 2.75) is 12.7 Å². The molecule has 0 bridgehead atoms. The number of thioether (sulfide) groups is 1. The second kappa shape index (κ2) is 5.88. The van der Waals surface area contributed by atoms with Crippen LogP contribution in [-0.4, -0.2) is 22.5 Å². The van der Waals surface area contributed by atoms with Crippen molar-refractivity contribution in [3.8, 4) is 0 Å². The van der Waals surface area contributed by atoms with Crippen LogP contribution in [0.4, 0.5) is 5.82 Å². The van der Waals surface area contributed by atoms with Gasteiger partial charge in [-0.2, -0.15) is 11.8 Å². The number of nitrogen functional groups attached to an aromatic ring is 1. The first kappa shape index (κ1) is 11.3. The van der Waals surface area contributed by atoms with Gasteiger partial charge >= 0.3 is 0 Å². The number of pyridine rings is 1. The Morgan fingerprint density at radius 1 is 1.64 bits per heavy atom. The van der Waals surface area contributed by atoms with Crippen LogP contribution < -0.4 is 5.73 Å². The fourth-order valence-corrected chi connectivity index (χ4v) is 2.06. The summed E-state index contributed by atoms with van der Waals surface area (Å²) in [5.74, 6) is 2.83. The number of nitrogens with zero attached hydrogens (tertiary/aromatic N) is 1. The molecule has 0 amide bonds. The summed E-state index contributed by atoms with van der Waals surface area (Å²) in [5, 5.41) is 8.83. The van der Waals surface area contributed by atoms with Gasteiger partial charge in [-0.05, 0) is 29.4 Å². The van der Waals surface area contributed by atoms with E-state index in [1.165, 1.54) is 5.56 Å². The van der Waals surface area contributed by atoms with Gasteiger partial charge in [0.05, 0.1) is 0 Å². The van der Waals surface area contributed by atoms with E-state index in [0.29, 0.717) is 11.7 Å². The van der Waals surface area contributed by atoms with Gasteiger partial charge in [-0.3, -0.25) is 0 Å². The highest BCUT2D eigenvalue weighted by molar-refractivity contribution is 7.98. The summed E-state index contributed by atoms with van der Waals surface area (Å²) in [7, 11) is 0. The van der Waals surface area contributed by atoms with Crippen LogP contribution in [0.25, 0.3) is 0 Å². The van der Waals surface area contributed by atoms with Crippen molar-refractivity contribution in [3.05, 3.63) is 23.9 Å². The van der Waals surface area contributed by atoms with Crippen molar-refractivity contribution in [2.75, 3.05) is 18.1 Å². The maximum Gasteiger partial charge on any atom is 0.123 e. The summed E-state index contributed by atoms with van der Waals surface area (Å²) >= 11 is 1.80. The first-order valence-electron chi connectivity index (χ1n) is 4.61. The van der Waals surface area contributed by atoms with E-state index in [0.717, 1.165) is 11.5 Å². The van der Waals surface area contributed by atoms with Gasteiger partial charge in [-0.1, -0.05) is 6.92 Å². The molecule has 0 aromatic carbocycles. The molecule has 0 radical (unpaired) electrons. The maximum absolute atomic E-state index is 8.83. The first-order valence-corrected chi connectivity index (χ1v) is 5.77. The molecule has 0 fully saturated rings. The highest BCUT2D eigenvalue weighted by Gasteiger charge is 2.00. The fourth-order valence-electron chi connectivity index (χ4n) is 1.01. The number of aliphatic hydroxyl groups is 1. The molecular formula is C10H16N2OS. The lowest BCUT2D eigenvalue weighted by molar-refractivity contribution is 0.250. The summed E-state index contributed by atoms with van der Waals surface area (Å²) in [6, 6.07) is 3.85. The van der Waals surface area contributed by atoms with Crippen molar-refractivity contribution in [2.24, 2.45) is 5.92 Å². The van der Waals surface area contributed by atoms with E-state index in [1.54, 1.807) is 18.0 Å². The van der Waals surface area contributed by atoms with Gasteiger partial charge < -0.3 is 10.8 Å². The number of rotatable bonds is 5. The van der Waals surface area contributed by atoms with Crippen LogP contribution in [0.5, 0.6) is 0 Å². The Balaban J connectivity index is 2.31. The van der Waals surface area contributed by atoms with Gasteiger partial charge in [0.1, 0.15) is 5.82 Å². The second-order valence-corrected chi connectivity index (χ2v) is 4.42. The number of hydrogen-bond donors (Lipinski definition) is 2. The summed E-state index contributed by atoms with van der Waals surface area (Å²) in [6.07, 6.45) is 1.72. The number of aliphatic hydroxyl groups excluding tert-OH is 1. The normalized spacial score (nSPS) is 12.7. The predicted molar refractivity (Wildman–Crippen MR) is 61.1 cm³/mol. The van der Waals surface area contributed by atoms with Gasteiger partial charge in [0.25, 0.3) is 0 Å². The fraction of sp³-hybridized carbons (Fsp3) is 0.500. The number of anilines is 1. The average molecular weight is 212 g/mol. The molecule has 0 aliphatic carbocycles. The Labute approximate surface area is 88.7 Å². The molecule has 4 heteroatoms. The van der Waals surface area contributed by atoms with Gasteiger partial charge in [-0.15, -0.1) is 0 Å². The second-order valence-electron chi connectivity index (χ2n) is 3.39. The van der Waals surface area contributed by atoms with Gasteiger partial charge in [0.15, 0.2) is 0 Å². The number of aromatic nitrogens is 1. The van der Waals surface area contributed by atoms with E-state index in [2.05, 4.69) is 4.98 Å². The molecule has 1 aromatic rings. The first-order chi connectivity index (χ1) is 6.72. The van der Waals surface area contributed by atoms with Crippen LogP contribution in [0.1, 0.15) is 12.5 Å². The van der Waals surface area contributed by atoms with Crippen LogP contribution in [0, 0.1) is 5.92 Å². The number of hydrogen-bond acceptors (Lipinski definition) is 4. The molecule has 1 unspecified atom stereocenters. The Morgan fingerprint density at radius 2 is 2.43 bits per heavy atom. The van der Waals surface area contributed by atoms with E-state index in [4.69, 9.17) is 10.8 Å². The van der Waals surface area contributed by atoms with Crippen molar-refractivity contribution in [1.29, 1.82) is 0 Å². The Hall–Kier alpha value is -0.740. The van der Waals surface area contributed by atoms with Gasteiger partial charge in [0.2, 0.25) is 0 Å². The SMILES string of the molecule is CC(CO)CSCc1ccnc(N)c1. The summed E-state index contributed by atoms with van der Waals surface area (Å²) in [4.78, 5) is 3.93. The van der Waals surface area contributed by atoms with Crippen LogP contribution >= 0.6 is 11.8 Å². The Morgan fingerprint density at radius 3 is 3.07 bits per heavy atom. The molecule has 14 heavy (non-hydrogen) atoms. The summed E-state index contributed by atoms with van der Waals surface area (Å²) in [5.41, 5.74) is 6.74. The molecule has 0 aliphatic heterocycles. The van der Waals surface area contributed by atoms with Crippen molar-refractivity contribution in [1.82, 2.24) is 4.98 Å². The standard InChI is InChI=1S/C10H16N2OS/c1-8(5-13)6-14-7-9-2-3-12-10(11)4-9/h2-4,8,13H,5-7H2,1H3,(H2,11,12). The van der Waals surface area contributed by atoms with Crippen LogP contribution in [0.3, 0.4) is 0 Å². The zero-order chi connectivity index (χ0) is 10.4. The van der Waals surface area contributed by atoms with E-state index < -0.39 is 0 Å². The van der Waals surface area contributed by atoms with Gasteiger partial charge in [0, 0.05) is 18.6 Å². The molecule has 1 heterocycles. The zero-order valence-electron chi connectivity index (χ0n) is 8.31. The molecule has 0 saturated heterocycles. The van der Waals surface area contributed by atoms with Crippen LogP contribution in [0.15, 0.2) is 18.3 Å². The molecule has 3 N–H and O–H groups in total. The summed E-state index contributed by atoms with van der Waals surface area (Å²) < 4.78 is 0. The maximum atomic E-state index is 8.83. The molecule has 1 atom stereocenters. The molecule has 0 spiro atoms. The molecule has 1 rings (SSSR count). The van der Waals surface area contributed by atoms with Gasteiger partial charge in [-0.25, -0.2) is 4.98 Å². The monoisotopic (exact) mass is 212 g/mol. The molecule has 0 aliphatic rings. The van der Waals surface area contributed by atoms with E-state index in [1.807, 2.05) is 19.1 Å². The predicted octanol–water partition coefficient (Wildman–Crippen LogP) is 1.53. The van der Waals surface area contributed by atoms with Crippen molar-refractivity contribution in [3.63, 3.8) is 0 Å². The quantitative estimate of drug-likeness (QED) is 0.777. The highest BCUT2D eigenvalue weighted by Crippen LogP contribution is 2.15. The lowest BCUT2D eigenvalue weighted by atomic mass is 10.2. The molecule has 3 nitrogen and oxygen atoms in total. The molecule has 1 aromatic heterocycles. The smallest absolute Gasteiger partial charge is 0.123 e. The van der Waals surface area contributed by atoms with E-state index >= 15 is 0 Å². The van der Waals surface area contributed by atoms with Crippen LogP contribution in [0.2, 0.25) is 0 Å². The Kier molecular flexibility index (Phi) is 4.76. The number of nitrogens with two attached hydrogens (primary N) is 1. The third-order valence-corrected chi connectivity index (χ3v) is 3.17. The molecule has 0 saturated carbocycles. The third kappa shape index (κ3) is 3.98. The summed E-state index contributed by atoms with van der Waals surface area (Å²) in [6.45, 7) is 2.29. The minimum atomic E-state index is 0.255. The van der Waals surface area contributed by atoms with E-state index in [9.17, 15) is 0 Å². The Bertz CT molecular complexity index is 281. The molecular weight excluding hydrogens is 196 g/mol. The van der Waals surface area contributed by atoms with E-state index in [-0.39, 0.29) is 6.61 Å². The molecule has 78 valence electrons. The largest absolute Gasteiger partial charge is 0.396 e. The lowest BCUT2D eigenvalue weighted by Gasteiger charge is -2.07. The van der Waals surface area contributed by atoms with Crippen molar-refractivity contribution < 1.29 is 5.11 Å². The van der Waals surface area contributed by atoms with Crippen molar-refractivity contribution >= 4 is 17.6 Å². The van der Waals surface area contributed by atoms with Crippen LogP contribution in [-0.2, 0) is 5.75 Å². The average Bonchev–Trinajstić information content (AvgIpc) is 2.17. The topological polar surface area (TPSA) is 59.1 Å². The highest BCUT2D eigenvalue weighted by atomic mass is 32.2. The minimum absolute atomic E-state index is 0.255.